The molecule has 0 saturated heterocycles. The Kier molecular flexibility index (Phi) is 5.14. The Balaban J connectivity index is 2.42. The molecule has 9 heteroatoms. The fourth-order valence-electron chi connectivity index (χ4n) is 2.36. The third kappa shape index (κ3) is 3.27. The smallest absolute Gasteiger partial charge is 0.207 e. The first-order valence-corrected chi connectivity index (χ1v) is 8.41. The lowest BCUT2D eigenvalue weighted by atomic mass is 10.3. The van der Waals surface area contributed by atoms with Crippen molar-refractivity contribution in [2.75, 3.05) is 0 Å². The first-order valence-electron chi connectivity index (χ1n) is 7.19. The van der Waals surface area contributed by atoms with E-state index < -0.39 is 67.2 Å². The van der Waals surface area contributed by atoms with Gasteiger partial charge in [0.2, 0.25) is 44.7 Å². The first kappa shape index (κ1) is 19.2. The van der Waals surface area contributed by atoms with Crippen LogP contribution in [0.25, 0.3) is 0 Å². The molecule has 0 N–H and O–H groups in total. The van der Waals surface area contributed by atoms with Crippen LogP contribution in [0, 0.1) is 46.5 Å². The number of rotatable bonds is 3. The summed E-state index contributed by atoms with van der Waals surface area (Å²) in [4.78, 5) is -2.38. The van der Waals surface area contributed by atoms with Crippen LogP contribution in [0.3, 0.4) is 0 Å². The van der Waals surface area contributed by atoms with Crippen LogP contribution in [0.5, 0.6) is 0 Å². The Labute approximate surface area is 150 Å². The third-order valence-corrected chi connectivity index (χ3v) is 5.78. The van der Waals surface area contributed by atoms with Gasteiger partial charge in [-0.2, -0.15) is 13.2 Å². The predicted octanol–water partition coefficient (Wildman–Crippen LogP) is 5.89. The highest BCUT2D eigenvalue weighted by atomic mass is 32.2. The highest BCUT2D eigenvalue weighted by molar-refractivity contribution is 7.97. The van der Waals surface area contributed by atoms with Crippen molar-refractivity contribution in [1.29, 1.82) is 0 Å². The van der Waals surface area contributed by atoms with Crippen molar-refractivity contribution in [3.63, 3.8) is 0 Å². The molecule has 3 aromatic carbocycles. The monoisotopic (exact) mass is 407 g/mol. The molecule has 1 atom stereocenters. The van der Waals surface area contributed by atoms with Crippen molar-refractivity contribution in [3.05, 3.63) is 89.0 Å². The summed E-state index contributed by atoms with van der Waals surface area (Å²) in [5.74, 6) is -15.9. The fourth-order valence-corrected chi connectivity index (χ4v) is 4.54. The second kappa shape index (κ2) is 7.22. The van der Waals surface area contributed by atoms with Crippen LogP contribution in [0.1, 0.15) is 0 Å². The second-order valence-corrected chi connectivity index (χ2v) is 7.15. The maximum Gasteiger partial charge on any atom is 0.244 e. The van der Waals surface area contributed by atoms with Crippen LogP contribution in [0.4, 0.5) is 35.1 Å². The first-order chi connectivity index (χ1) is 12.7. The Morgan fingerprint density at radius 1 is 0.556 bits per heavy atom. The van der Waals surface area contributed by atoms with E-state index in [1.807, 2.05) is 0 Å². The second-order valence-electron chi connectivity index (χ2n) is 5.22. The molecule has 0 fully saturated rings. The number of hydrogen-bond acceptors (Lipinski definition) is 0. The molecule has 0 radical (unpaired) electrons. The molecule has 0 heterocycles. The average molecular weight is 407 g/mol. The van der Waals surface area contributed by atoms with Crippen LogP contribution in [-0.2, 0) is 10.9 Å². The minimum Gasteiger partial charge on any atom is -0.207 e. The SMILES string of the molecule is Fc1cc(F)c(F)c([S+](c2ccccc2)c2c(F)c(F)c(F)c(F)c2F)c1. The molecule has 0 aliphatic rings. The molecular weight excluding hydrogens is 400 g/mol. The summed E-state index contributed by atoms with van der Waals surface area (Å²) in [6, 6.07) is 7.26. The summed E-state index contributed by atoms with van der Waals surface area (Å²) in [6.07, 6.45) is 0. The van der Waals surface area contributed by atoms with E-state index >= 15 is 0 Å². The third-order valence-electron chi connectivity index (χ3n) is 3.53. The Hall–Kier alpha value is -2.55. The summed E-state index contributed by atoms with van der Waals surface area (Å²) in [5, 5.41) is 0. The van der Waals surface area contributed by atoms with Crippen molar-refractivity contribution in [2.24, 2.45) is 0 Å². The predicted molar refractivity (Wildman–Crippen MR) is 81.2 cm³/mol. The zero-order valence-corrected chi connectivity index (χ0v) is 13.8. The van der Waals surface area contributed by atoms with E-state index in [1.54, 1.807) is 0 Å². The van der Waals surface area contributed by atoms with Gasteiger partial charge in [0.05, 0.1) is 0 Å². The highest BCUT2D eigenvalue weighted by Crippen LogP contribution is 2.38. The van der Waals surface area contributed by atoms with Crippen LogP contribution < -0.4 is 0 Å². The maximum atomic E-state index is 14.3. The number of benzene rings is 3. The largest absolute Gasteiger partial charge is 0.244 e. The summed E-state index contributed by atoms with van der Waals surface area (Å²) < 4.78 is 111. The van der Waals surface area contributed by atoms with Gasteiger partial charge in [0.25, 0.3) is 0 Å². The molecule has 140 valence electrons. The maximum absolute atomic E-state index is 14.3. The molecule has 0 nitrogen and oxygen atoms in total. The van der Waals surface area contributed by atoms with Gasteiger partial charge < -0.3 is 0 Å². The van der Waals surface area contributed by atoms with Crippen molar-refractivity contribution >= 4 is 10.9 Å². The van der Waals surface area contributed by atoms with Crippen LogP contribution in [0.15, 0.2) is 57.2 Å². The summed E-state index contributed by atoms with van der Waals surface area (Å²) >= 11 is 0. The van der Waals surface area contributed by atoms with Crippen LogP contribution >= 0.6 is 0 Å². The molecule has 0 saturated carbocycles. The summed E-state index contributed by atoms with van der Waals surface area (Å²) in [6.45, 7) is 0. The highest BCUT2D eigenvalue weighted by Gasteiger charge is 2.43. The van der Waals surface area contributed by atoms with Gasteiger partial charge in [-0.15, -0.1) is 0 Å². The van der Waals surface area contributed by atoms with Crippen molar-refractivity contribution in [1.82, 2.24) is 0 Å². The zero-order chi connectivity index (χ0) is 19.9. The molecule has 1 unspecified atom stereocenters. The molecule has 27 heavy (non-hydrogen) atoms. The molecule has 0 bridgehead atoms. The van der Waals surface area contributed by atoms with Crippen LogP contribution in [-0.4, -0.2) is 0 Å². The van der Waals surface area contributed by atoms with E-state index in [9.17, 15) is 35.1 Å². The van der Waals surface area contributed by atoms with Gasteiger partial charge in [0.1, 0.15) is 16.7 Å². The Morgan fingerprint density at radius 2 is 1.07 bits per heavy atom. The normalized spacial score (nSPS) is 12.3. The zero-order valence-electron chi connectivity index (χ0n) is 13.0. The molecule has 0 spiro atoms. The molecule has 3 aromatic rings. The fraction of sp³-hybridized carbons (Fsp3) is 0. The number of halogens is 8. The van der Waals surface area contributed by atoms with Gasteiger partial charge in [-0.3, -0.25) is 0 Å². The van der Waals surface area contributed by atoms with Crippen molar-refractivity contribution in [2.45, 2.75) is 14.7 Å². The Bertz CT molecular complexity index is 991. The standard InChI is InChI=1S/C18H7F8S/c19-8-6-10(20)12(21)11(7-8)27(9-4-2-1-3-5-9)18-16(25)14(23)13(22)15(24)17(18)26/h1-7H/q+1. The quantitative estimate of drug-likeness (QED) is 0.220. The van der Waals surface area contributed by atoms with Gasteiger partial charge in [-0.1, -0.05) is 18.2 Å². The average Bonchev–Trinajstić information content (AvgIpc) is 2.66. The van der Waals surface area contributed by atoms with Gasteiger partial charge in [-0.05, 0) is 12.1 Å². The minimum atomic E-state index is -2.39. The molecule has 0 aromatic heterocycles. The molecule has 3 rings (SSSR count). The van der Waals surface area contributed by atoms with E-state index in [-0.39, 0.29) is 11.0 Å². The molecular formula is C18H7F8S+. The lowest BCUT2D eigenvalue weighted by molar-refractivity contribution is 0.360. The lowest BCUT2D eigenvalue weighted by Gasteiger charge is -2.12. The van der Waals surface area contributed by atoms with E-state index in [0.717, 1.165) is 0 Å². The summed E-state index contributed by atoms with van der Waals surface area (Å²) in [7, 11) is -2.35. The van der Waals surface area contributed by atoms with E-state index in [0.29, 0.717) is 6.07 Å². The topological polar surface area (TPSA) is 0 Å². The van der Waals surface area contributed by atoms with Crippen molar-refractivity contribution < 1.29 is 35.1 Å². The molecule has 0 amide bonds. The van der Waals surface area contributed by atoms with E-state index in [1.165, 1.54) is 30.3 Å². The van der Waals surface area contributed by atoms with Gasteiger partial charge >= 0.3 is 0 Å². The lowest BCUT2D eigenvalue weighted by Crippen LogP contribution is -2.16. The molecule has 0 aliphatic carbocycles. The van der Waals surface area contributed by atoms with Gasteiger partial charge in [-0.25, -0.2) is 22.0 Å². The van der Waals surface area contributed by atoms with Gasteiger partial charge in [0.15, 0.2) is 10.7 Å². The van der Waals surface area contributed by atoms with Crippen molar-refractivity contribution in [3.8, 4) is 0 Å². The van der Waals surface area contributed by atoms with E-state index in [4.69, 9.17) is 0 Å². The molecule has 0 aliphatic heterocycles. The minimum absolute atomic E-state index is 0.107. The Morgan fingerprint density at radius 3 is 1.63 bits per heavy atom. The van der Waals surface area contributed by atoms with E-state index in [2.05, 4.69) is 0 Å². The van der Waals surface area contributed by atoms with Gasteiger partial charge in [0, 0.05) is 12.1 Å². The van der Waals surface area contributed by atoms with Crippen LogP contribution in [0.2, 0.25) is 0 Å². The number of hydrogen-bond donors (Lipinski definition) is 0. The summed E-state index contributed by atoms with van der Waals surface area (Å²) in [5.41, 5.74) is 0.